The summed E-state index contributed by atoms with van der Waals surface area (Å²) in [6, 6.07) is 26.7. The Morgan fingerprint density at radius 1 is 0.852 bits per heavy atom. The van der Waals surface area contributed by atoms with Crippen LogP contribution in [-0.4, -0.2) is 6.54 Å². The molecule has 0 aliphatic carbocycles. The van der Waals surface area contributed by atoms with E-state index in [0.29, 0.717) is 0 Å². The molecule has 0 aliphatic rings. The number of hydrogen-bond donors (Lipinski definition) is 2. The third-order valence-electron chi connectivity index (χ3n) is 4.60. The van der Waals surface area contributed by atoms with Gasteiger partial charge < -0.3 is 10.7 Å². The molecule has 0 bridgehead atoms. The fourth-order valence-electron chi connectivity index (χ4n) is 3.25. The third kappa shape index (κ3) is 4.57. The highest BCUT2D eigenvalue weighted by atomic mass is 15.4. The number of para-hydroxylation sites is 2. The molecule has 3 nitrogen and oxygen atoms in total. The van der Waals surface area contributed by atoms with Crippen molar-refractivity contribution in [1.29, 1.82) is 0 Å². The van der Waals surface area contributed by atoms with E-state index in [9.17, 15) is 0 Å². The maximum Gasteiger partial charge on any atom is 0.0595 e. The quantitative estimate of drug-likeness (QED) is 0.354. The minimum absolute atomic E-state index is 0.769. The highest BCUT2D eigenvalue weighted by Gasteiger charge is 2.14. The van der Waals surface area contributed by atoms with Crippen molar-refractivity contribution in [1.82, 2.24) is 0 Å². The van der Waals surface area contributed by atoms with Gasteiger partial charge in [-0.15, -0.1) is 0 Å². The monoisotopic (exact) mass is 357 g/mol. The summed E-state index contributed by atoms with van der Waals surface area (Å²) >= 11 is 0. The van der Waals surface area contributed by atoms with Crippen LogP contribution in [-0.2, 0) is 6.42 Å². The van der Waals surface area contributed by atoms with Crippen molar-refractivity contribution in [2.45, 2.75) is 19.8 Å². The molecule has 3 aromatic rings. The van der Waals surface area contributed by atoms with Gasteiger partial charge in [0.2, 0.25) is 0 Å². The van der Waals surface area contributed by atoms with Gasteiger partial charge in [-0.1, -0.05) is 79.7 Å². The van der Waals surface area contributed by atoms with Gasteiger partial charge >= 0.3 is 0 Å². The Kier molecular flexibility index (Phi) is 6.29. The molecule has 3 rings (SSSR count). The van der Waals surface area contributed by atoms with Gasteiger partial charge in [-0.2, -0.15) is 0 Å². The molecular weight excluding hydrogens is 330 g/mol. The topological polar surface area (TPSA) is 55.3 Å². The third-order valence-corrected chi connectivity index (χ3v) is 4.60. The molecule has 0 heterocycles. The van der Waals surface area contributed by atoms with E-state index in [1.165, 1.54) is 5.56 Å². The lowest BCUT2D eigenvalue weighted by Crippen LogP contribution is -2.32. The number of nitrogen functional groups attached to an aromatic ring is 1. The van der Waals surface area contributed by atoms with Crippen molar-refractivity contribution in [2.75, 3.05) is 17.3 Å². The second-order valence-corrected chi connectivity index (χ2v) is 6.61. The minimum atomic E-state index is 0.769. The lowest BCUT2D eigenvalue weighted by Gasteiger charge is -2.23. The Morgan fingerprint density at radius 3 is 2.19 bits per heavy atom. The smallest absolute Gasteiger partial charge is 0.0595 e. The summed E-state index contributed by atoms with van der Waals surface area (Å²) in [5, 5.41) is 1.82. The van der Waals surface area contributed by atoms with E-state index in [-0.39, 0.29) is 0 Å². The SMILES string of the molecule is CCCN(N)c1ccccc1/C(=C/Cc1ccccc1)c1ccccc1N. The molecule has 0 unspecified atom stereocenters. The molecule has 0 aliphatic heterocycles. The van der Waals surface area contributed by atoms with Gasteiger partial charge in [-0.05, 0) is 36.1 Å². The van der Waals surface area contributed by atoms with Crippen molar-refractivity contribution in [3.63, 3.8) is 0 Å². The Balaban J connectivity index is 2.10. The largest absolute Gasteiger partial charge is 0.398 e. The van der Waals surface area contributed by atoms with Gasteiger partial charge in [-0.25, -0.2) is 5.84 Å². The zero-order valence-corrected chi connectivity index (χ0v) is 15.8. The maximum atomic E-state index is 6.34. The number of hydrogen-bond acceptors (Lipinski definition) is 3. The van der Waals surface area contributed by atoms with Crippen LogP contribution >= 0.6 is 0 Å². The van der Waals surface area contributed by atoms with Crippen molar-refractivity contribution in [3.8, 4) is 0 Å². The van der Waals surface area contributed by atoms with Crippen LogP contribution in [0.3, 0.4) is 0 Å². The fraction of sp³-hybridized carbons (Fsp3) is 0.167. The van der Waals surface area contributed by atoms with E-state index in [2.05, 4.69) is 55.5 Å². The zero-order valence-electron chi connectivity index (χ0n) is 15.8. The molecular formula is C24H27N3. The van der Waals surface area contributed by atoms with Gasteiger partial charge in [0, 0.05) is 23.4 Å². The molecule has 0 amide bonds. The summed E-state index contributed by atoms with van der Waals surface area (Å²) in [6.07, 6.45) is 4.07. The molecule has 0 radical (unpaired) electrons. The lowest BCUT2D eigenvalue weighted by atomic mass is 9.93. The molecule has 0 saturated carbocycles. The summed E-state index contributed by atoms with van der Waals surface area (Å²) in [5.41, 5.74) is 12.6. The molecule has 27 heavy (non-hydrogen) atoms. The van der Waals surface area contributed by atoms with Crippen LogP contribution in [0.5, 0.6) is 0 Å². The van der Waals surface area contributed by atoms with Crippen LogP contribution < -0.4 is 16.6 Å². The molecule has 3 heteroatoms. The number of hydrazine groups is 1. The van der Waals surface area contributed by atoms with Crippen molar-refractivity contribution in [3.05, 3.63) is 102 Å². The summed E-state index contributed by atoms with van der Waals surface area (Å²) < 4.78 is 0. The summed E-state index contributed by atoms with van der Waals surface area (Å²) in [4.78, 5) is 0. The Morgan fingerprint density at radius 2 is 1.48 bits per heavy atom. The highest BCUT2D eigenvalue weighted by molar-refractivity contribution is 5.90. The van der Waals surface area contributed by atoms with Crippen LogP contribution in [0.15, 0.2) is 84.9 Å². The standard InChI is InChI=1S/C24H27N3/c1-2-18-27(26)24-15-9-7-13-22(24)20(21-12-6-8-14-23(21)25)17-16-19-10-4-3-5-11-19/h3-15,17H,2,16,18,25-26H2,1H3/b20-17+. The predicted molar refractivity (Wildman–Crippen MR) is 116 cm³/mol. The van der Waals surface area contributed by atoms with Crippen LogP contribution in [0.4, 0.5) is 11.4 Å². The van der Waals surface area contributed by atoms with Crippen LogP contribution in [0.1, 0.15) is 30.0 Å². The van der Waals surface area contributed by atoms with Gasteiger partial charge in [0.1, 0.15) is 0 Å². The van der Waals surface area contributed by atoms with Gasteiger partial charge in [0.15, 0.2) is 0 Å². The Hall–Kier alpha value is -3.04. The molecule has 0 saturated heterocycles. The maximum absolute atomic E-state index is 6.34. The normalized spacial score (nSPS) is 11.4. The molecule has 0 aromatic heterocycles. The Labute approximate surface area is 161 Å². The van der Waals surface area contributed by atoms with E-state index in [4.69, 9.17) is 11.6 Å². The Bertz CT molecular complexity index is 900. The molecule has 4 N–H and O–H groups in total. The molecule has 0 atom stereocenters. The predicted octanol–water partition coefficient (Wildman–Crippen LogP) is 5.03. The van der Waals surface area contributed by atoms with Crippen LogP contribution in [0.2, 0.25) is 0 Å². The first-order valence-corrected chi connectivity index (χ1v) is 9.41. The second kappa shape index (κ2) is 9.06. The summed E-state index contributed by atoms with van der Waals surface area (Å²) in [7, 11) is 0. The number of rotatable bonds is 7. The van der Waals surface area contributed by atoms with Gasteiger partial charge in [0.25, 0.3) is 0 Å². The first-order valence-electron chi connectivity index (χ1n) is 9.41. The number of nitrogens with two attached hydrogens (primary N) is 2. The number of anilines is 2. The average Bonchev–Trinajstić information content (AvgIpc) is 2.71. The zero-order chi connectivity index (χ0) is 19.1. The number of allylic oxidation sites excluding steroid dienone is 1. The highest BCUT2D eigenvalue weighted by Crippen LogP contribution is 2.34. The molecule has 3 aromatic carbocycles. The van der Waals surface area contributed by atoms with E-state index < -0.39 is 0 Å². The van der Waals surface area contributed by atoms with Crippen molar-refractivity contribution < 1.29 is 0 Å². The molecule has 138 valence electrons. The summed E-state index contributed by atoms with van der Waals surface area (Å²) in [6.45, 7) is 2.93. The fourth-order valence-corrected chi connectivity index (χ4v) is 3.25. The minimum Gasteiger partial charge on any atom is -0.398 e. The van der Waals surface area contributed by atoms with E-state index in [0.717, 1.165) is 47.5 Å². The first-order chi connectivity index (χ1) is 13.2. The van der Waals surface area contributed by atoms with Gasteiger partial charge in [0.05, 0.1) is 5.69 Å². The second-order valence-electron chi connectivity index (χ2n) is 6.61. The number of benzene rings is 3. The van der Waals surface area contributed by atoms with Crippen molar-refractivity contribution >= 4 is 16.9 Å². The van der Waals surface area contributed by atoms with E-state index in [1.54, 1.807) is 0 Å². The molecule has 0 spiro atoms. The average molecular weight is 358 g/mol. The number of nitrogens with zero attached hydrogens (tertiary/aromatic N) is 1. The van der Waals surface area contributed by atoms with Gasteiger partial charge in [-0.3, -0.25) is 0 Å². The summed E-state index contributed by atoms with van der Waals surface area (Å²) in [5.74, 6) is 6.34. The van der Waals surface area contributed by atoms with Crippen LogP contribution in [0.25, 0.3) is 5.57 Å². The van der Waals surface area contributed by atoms with Crippen molar-refractivity contribution in [2.24, 2.45) is 5.84 Å². The van der Waals surface area contributed by atoms with Crippen LogP contribution in [0, 0.1) is 0 Å². The lowest BCUT2D eigenvalue weighted by molar-refractivity contribution is 0.804. The molecule has 0 fully saturated rings. The van der Waals surface area contributed by atoms with E-state index >= 15 is 0 Å². The first kappa shape index (κ1) is 18.7. The van der Waals surface area contributed by atoms with E-state index in [1.807, 2.05) is 41.4 Å².